The molecule has 0 fully saturated rings. The van der Waals surface area contributed by atoms with Crippen LogP contribution in [0.5, 0.6) is 0 Å². The van der Waals surface area contributed by atoms with Crippen molar-refractivity contribution in [2.24, 2.45) is 0 Å². The number of carbonyl (C=O) groups is 2. The Morgan fingerprint density at radius 3 is 2.17 bits per heavy atom. The summed E-state index contributed by atoms with van der Waals surface area (Å²) in [5, 5.41) is 2.97. The number of anilines is 1. The van der Waals surface area contributed by atoms with Gasteiger partial charge in [0.25, 0.3) is 0 Å². The standard InChI is InChI=1S/C26H38N4O4S/c1-7-21(4)27-26(32)24(8-2)29(18-22-14-12-13-20(3)17-22)25(31)19-30(35(33,34)28(5)6)23-15-10-9-11-16-23/h9-17,21,24H,7-8,18-19H2,1-6H3,(H,27,32)/t21-,24+/m0/s1. The number of hydrogen-bond acceptors (Lipinski definition) is 4. The first-order valence-electron chi connectivity index (χ1n) is 11.9. The van der Waals surface area contributed by atoms with Crippen molar-refractivity contribution >= 4 is 27.7 Å². The average Bonchev–Trinajstić information content (AvgIpc) is 2.82. The zero-order chi connectivity index (χ0) is 26.2. The van der Waals surface area contributed by atoms with Gasteiger partial charge in [-0.05, 0) is 44.4 Å². The number of hydrogen-bond donors (Lipinski definition) is 1. The van der Waals surface area contributed by atoms with E-state index in [1.54, 1.807) is 30.3 Å². The van der Waals surface area contributed by atoms with Crippen LogP contribution in [0, 0.1) is 6.92 Å². The third-order valence-corrected chi connectivity index (χ3v) is 7.71. The summed E-state index contributed by atoms with van der Waals surface area (Å²) in [5.41, 5.74) is 2.28. The van der Waals surface area contributed by atoms with Crippen LogP contribution in [0.15, 0.2) is 54.6 Å². The van der Waals surface area contributed by atoms with Crippen molar-refractivity contribution < 1.29 is 18.0 Å². The zero-order valence-corrected chi connectivity index (χ0v) is 22.4. The van der Waals surface area contributed by atoms with Gasteiger partial charge in [0.2, 0.25) is 11.8 Å². The van der Waals surface area contributed by atoms with Gasteiger partial charge in [-0.2, -0.15) is 12.7 Å². The molecule has 2 aromatic rings. The lowest BCUT2D eigenvalue weighted by Gasteiger charge is -2.34. The molecule has 8 nitrogen and oxygen atoms in total. The van der Waals surface area contributed by atoms with Crippen LogP contribution in [0.25, 0.3) is 0 Å². The van der Waals surface area contributed by atoms with Crippen LogP contribution >= 0.6 is 0 Å². The summed E-state index contributed by atoms with van der Waals surface area (Å²) in [6.45, 7) is 7.47. The van der Waals surface area contributed by atoms with E-state index in [4.69, 9.17) is 0 Å². The van der Waals surface area contributed by atoms with Crippen molar-refractivity contribution in [3.8, 4) is 0 Å². The third kappa shape index (κ3) is 7.53. The molecule has 0 saturated heterocycles. The van der Waals surface area contributed by atoms with Gasteiger partial charge in [0.05, 0.1) is 5.69 Å². The van der Waals surface area contributed by atoms with E-state index < -0.39 is 28.7 Å². The van der Waals surface area contributed by atoms with Gasteiger partial charge in [0, 0.05) is 26.7 Å². The molecule has 2 rings (SSSR count). The van der Waals surface area contributed by atoms with E-state index in [1.165, 1.54) is 19.0 Å². The van der Waals surface area contributed by atoms with Crippen molar-refractivity contribution in [3.05, 3.63) is 65.7 Å². The lowest BCUT2D eigenvalue weighted by molar-refractivity contribution is -0.140. The van der Waals surface area contributed by atoms with Crippen LogP contribution in [0.4, 0.5) is 5.69 Å². The molecule has 9 heteroatoms. The molecular weight excluding hydrogens is 464 g/mol. The molecule has 0 unspecified atom stereocenters. The Bertz CT molecular complexity index is 1090. The maximum atomic E-state index is 13.8. The number of carbonyl (C=O) groups excluding carboxylic acids is 2. The Kier molecular flexibility index (Phi) is 10.3. The number of amides is 2. The van der Waals surface area contributed by atoms with Crippen LogP contribution in [-0.2, 0) is 26.3 Å². The highest BCUT2D eigenvalue weighted by molar-refractivity contribution is 7.90. The monoisotopic (exact) mass is 502 g/mol. The number of aryl methyl sites for hydroxylation is 1. The fraction of sp³-hybridized carbons (Fsp3) is 0.462. The van der Waals surface area contributed by atoms with E-state index in [2.05, 4.69) is 5.32 Å². The van der Waals surface area contributed by atoms with Gasteiger partial charge in [-0.3, -0.25) is 9.59 Å². The summed E-state index contributed by atoms with van der Waals surface area (Å²) in [6, 6.07) is 15.5. The summed E-state index contributed by atoms with van der Waals surface area (Å²) < 4.78 is 28.5. The average molecular weight is 503 g/mol. The molecule has 1 N–H and O–H groups in total. The van der Waals surface area contributed by atoms with E-state index in [-0.39, 0.29) is 18.5 Å². The van der Waals surface area contributed by atoms with Crippen molar-refractivity contribution in [3.63, 3.8) is 0 Å². The van der Waals surface area contributed by atoms with Crippen LogP contribution in [0.1, 0.15) is 44.7 Å². The predicted octanol–water partition coefficient (Wildman–Crippen LogP) is 3.33. The van der Waals surface area contributed by atoms with Crippen molar-refractivity contribution in [1.29, 1.82) is 0 Å². The lowest BCUT2D eigenvalue weighted by Crippen LogP contribution is -2.54. The van der Waals surface area contributed by atoms with E-state index in [0.29, 0.717) is 12.1 Å². The van der Waals surface area contributed by atoms with Gasteiger partial charge < -0.3 is 10.2 Å². The Morgan fingerprint density at radius 2 is 1.63 bits per heavy atom. The molecule has 0 spiro atoms. The van der Waals surface area contributed by atoms with Gasteiger partial charge >= 0.3 is 10.2 Å². The Labute approximate surface area is 210 Å². The molecule has 35 heavy (non-hydrogen) atoms. The minimum Gasteiger partial charge on any atom is -0.352 e. The largest absolute Gasteiger partial charge is 0.352 e. The maximum Gasteiger partial charge on any atom is 0.304 e. The lowest BCUT2D eigenvalue weighted by atomic mass is 10.1. The van der Waals surface area contributed by atoms with Crippen LogP contribution < -0.4 is 9.62 Å². The van der Waals surface area contributed by atoms with Gasteiger partial charge in [-0.25, -0.2) is 4.31 Å². The Balaban J connectivity index is 2.48. The molecule has 2 amide bonds. The third-order valence-electron chi connectivity index (χ3n) is 5.89. The number of para-hydroxylation sites is 1. The summed E-state index contributed by atoms with van der Waals surface area (Å²) in [7, 11) is -1.11. The first-order valence-corrected chi connectivity index (χ1v) is 13.3. The molecule has 2 atom stereocenters. The number of benzene rings is 2. The summed E-state index contributed by atoms with van der Waals surface area (Å²) in [5.74, 6) is -0.698. The number of nitrogens with zero attached hydrogens (tertiary/aromatic N) is 3. The molecule has 0 aliphatic heterocycles. The predicted molar refractivity (Wildman–Crippen MR) is 140 cm³/mol. The molecule has 0 saturated carbocycles. The molecule has 0 aliphatic rings. The molecule has 2 aromatic carbocycles. The molecule has 0 bridgehead atoms. The second kappa shape index (κ2) is 12.7. The fourth-order valence-corrected chi connectivity index (χ4v) is 4.73. The highest BCUT2D eigenvalue weighted by Crippen LogP contribution is 2.21. The topological polar surface area (TPSA) is 90.0 Å². The number of rotatable bonds is 12. The summed E-state index contributed by atoms with van der Waals surface area (Å²) in [6.07, 6.45) is 1.16. The molecule has 0 aromatic heterocycles. The van der Waals surface area contributed by atoms with Gasteiger partial charge in [0.15, 0.2) is 0 Å². The first-order chi connectivity index (χ1) is 16.5. The van der Waals surface area contributed by atoms with E-state index in [0.717, 1.165) is 26.2 Å². The minimum absolute atomic E-state index is 0.0394. The SMILES string of the molecule is CC[C@H](C(=O)N[C@@H](C)CC)N(Cc1cccc(C)c1)C(=O)CN(c1ccccc1)S(=O)(=O)N(C)C. The molecule has 0 radical (unpaired) electrons. The van der Waals surface area contributed by atoms with Gasteiger partial charge in [-0.15, -0.1) is 0 Å². The molecular formula is C26H38N4O4S. The maximum absolute atomic E-state index is 13.8. The second-order valence-electron chi connectivity index (χ2n) is 8.88. The van der Waals surface area contributed by atoms with Gasteiger partial charge in [-0.1, -0.05) is 61.9 Å². The highest BCUT2D eigenvalue weighted by Gasteiger charge is 2.33. The van der Waals surface area contributed by atoms with E-state index >= 15 is 0 Å². The summed E-state index contributed by atoms with van der Waals surface area (Å²) in [4.78, 5) is 28.4. The Hall–Kier alpha value is -2.91. The molecule has 0 heterocycles. The van der Waals surface area contributed by atoms with Crippen LogP contribution in [0.3, 0.4) is 0 Å². The fourth-order valence-electron chi connectivity index (χ4n) is 3.68. The highest BCUT2D eigenvalue weighted by atomic mass is 32.2. The smallest absolute Gasteiger partial charge is 0.304 e. The Morgan fingerprint density at radius 1 is 0.971 bits per heavy atom. The minimum atomic E-state index is -3.96. The molecule has 192 valence electrons. The van der Waals surface area contributed by atoms with Crippen molar-refractivity contribution in [2.75, 3.05) is 24.9 Å². The van der Waals surface area contributed by atoms with Crippen LogP contribution in [-0.4, -0.2) is 62.2 Å². The van der Waals surface area contributed by atoms with Gasteiger partial charge in [0.1, 0.15) is 12.6 Å². The number of nitrogens with one attached hydrogen (secondary N) is 1. The summed E-state index contributed by atoms with van der Waals surface area (Å²) >= 11 is 0. The molecule has 0 aliphatic carbocycles. The van der Waals surface area contributed by atoms with E-state index in [1.807, 2.05) is 52.0 Å². The normalized spacial score (nSPS) is 13.2. The van der Waals surface area contributed by atoms with E-state index in [9.17, 15) is 18.0 Å². The van der Waals surface area contributed by atoms with Crippen LogP contribution in [0.2, 0.25) is 0 Å². The zero-order valence-electron chi connectivity index (χ0n) is 21.6. The second-order valence-corrected chi connectivity index (χ2v) is 11.0. The quantitative estimate of drug-likeness (QED) is 0.482. The van der Waals surface area contributed by atoms with Crippen molar-refractivity contribution in [2.45, 2.75) is 59.2 Å². The van der Waals surface area contributed by atoms with Crippen molar-refractivity contribution in [1.82, 2.24) is 14.5 Å². The first kappa shape index (κ1) is 28.3.